The molecule has 2 aromatic carbocycles. The SMILES string of the molecule is CN1C(=C2C=CC(c3ccc4ccccc4[n+]3C)=C2)C=Cc2ccccc21.[O-][Cl+3]([O-])([O-])[O-]. The Hall–Kier alpha value is -3.26. The third-order valence-corrected chi connectivity index (χ3v) is 5.51. The predicted molar refractivity (Wildman–Crippen MR) is 113 cm³/mol. The van der Waals surface area contributed by atoms with Crippen molar-refractivity contribution < 1.29 is 33.4 Å². The van der Waals surface area contributed by atoms with Crippen molar-refractivity contribution in [1.29, 1.82) is 0 Å². The summed E-state index contributed by atoms with van der Waals surface area (Å²) in [6.07, 6.45) is 11.1. The maximum atomic E-state index is 8.49. The van der Waals surface area contributed by atoms with E-state index < -0.39 is 10.2 Å². The normalized spacial score (nSPS) is 17.2. The molecule has 162 valence electrons. The molecule has 32 heavy (non-hydrogen) atoms. The highest BCUT2D eigenvalue weighted by Crippen LogP contribution is 2.34. The highest BCUT2D eigenvalue weighted by molar-refractivity contribution is 5.84. The van der Waals surface area contributed by atoms with Gasteiger partial charge in [-0.05, 0) is 47.6 Å². The Kier molecular flexibility index (Phi) is 5.97. The van der Waals surface area contributed by atoms with Crippen molar-refractivity contribution in [1.82, 2.24) is 0 Å². The van der Waals surface area contributed by atoms with Gasteiger partial charge in [0, 0.05) is 41.5 Å². The number of hydrogen-bond donors (Lipinski definition) is 0. The van der Waals surface area contributed by atoms with Crippen LogP contribution >= 0.6 is 0 Å². The zero-order valence-electron chi connectivity index (χ0n) is 17.6. The first-order chi connectivity index (χ1) is 15.2. The van der Waals surface area contributed by atoms with Crippen LogP contribution in [0.15, 0.2) is 96.2 Å². The lowest BCUT2D eigenvalue weighted by atomic mass is 10.0. The van der Waals surface area contributed by atoms with E-state index in [0.717, 1.165) is 0 Å². The molecule has 0 fully saturated rings. The van der Waals surface area contributed by atoms with E-state index in [9.17, 15) is 0 Å². The lowest BCUT2D eigenvalue weighted by molar-refractivity contribution is -2.00. The molecule has 0 spiro atoms. The van der Waals surface area contributed by atoms with Crippen LogP contribution in [0.4, 0.5) is 5.69 Å². The summed E-state index contributed by atoms with van der Waals surface area (Å²) < 4.78 is 36.2. The number of halogens is 1. The van der Waals surface area contributed by atoms with E-state index in [2.05, 4.69) is 115 Å². The number of para-hydroxylation sites is 2. The van der Waals surface area contributed by atoms with Gasteiger partial charge in [0.1, 0.15) is 7.05 Å². The van der Waals surface area contributed by atoms with Crippen LogP contribution in [-0.4, -0.2) is 7.05 Å². The fourth-order valence-electron chi connectivity index (χ4n) is 4.03. The van der Waals surface area contributed by atoms with Gasteiger partial charge in [-0.25, -0.2) is 18.6 Å². The highest BCUT2D eigenvalue weighted by Gasteiger charge is 2.20. The number of hydrogen-bond acceptors (Lipinski definition) is 5. The van der Waals surface area contributed by atoms with E-state index in [1.165, 1.54) is 44.7 Å². The van der Waals surface area contributed by atoms with Crippen LogP contribution < -0.4 is 28.1 Å². The summed E-state index contributed by atoms with van der Waals surface area (Å²) in [5, 5.41) is 1.26. The monoisotopic (exact) mass is 448 g/mol. The molecule has 0 radical (unpaired) electrons. The molecule has 0 saturated carbocycles. The van der Waals surface area contributed by atoms with E-state index in [-0.39, 0.29) is 0 Å². The Morgan fingerprint density at radius 1 is 0.781 bits per heavy atom. The third kappa shape index (κ3) is 4.65. The molecule has 0 amide bonds. The molecular weight excluding hydrogens is 428 g/mol. The van der Waals surface area contributed by atoms with E-state index in [4.69, 9.17) is 18.6 Å². The zero-order chi connectivity index (χ0) is 22.9. The summed E-state index contributed by atoms with van der Waals surface area (Å²) in [5.74, 6) is 0. The molecule has 2 aliphatic rings. The van der Waals surface area contributed by atoms with Gasteiger partial charge in [0.2, 0.25) is 11.2 Å². The first kappa shape index (κ1) is 22.0. The maximum absolute atomic E-state index is 8.49. The standard InChI is InChI=1S/C25H21N2.ClHO4/c1-26-22-9-5-3-7-18(22)13-15-24(26)20-11-12-21(17-20)25-16-14-19-8-4-6-10-23(19)27(25)2;2-1(3,4)5/h3-17H,1-2H3;(H,2,3,4,5)/q+1;/p-1. The highest BCUT2D eigenvalue weighted by atomic mass is 35.7. The fourth-order valence-corrected chi connectivity index (χ4v) is 4.03. The van der Waals surface area contributed by atoms with Gasteiger partial charge < -0.3 is 4.90 Å². The smallest absolute Gasteiger partial charge is 0.212 e. The van der Waals surface area contributed by atoms with Gasteiger partial charge in [-0.3, -0.25) is 0 Å². The molecule has 0 saturated heterocycles. The van der Waals surface area contributed by atoms with Crippen LogP contribution in [0.25, 0.3) is 22.6 Å². The molecule has 0 unspecified atom stereocenters. The topological polar surface area (TPSA) is 99.4 Å². The van der Waals surface area contributed by atoms with Gasteiger partial charge >= 0.3 is 0 Å². The van der Waals surface area contributed by atoms with Gasteiger partial charge in [0.05, 0.1) is 0 Å². The Morgan fingerprint density at radius 2 is 1.47 bits per heavy atom. The number of aromatic nitrogens is 1. The average molecular weight is 449 g/mol. The molecule has 0 bridgehead atoms. The lowest BCUT2D eigenvalue weighted by Gasteiger charge is -2.27. The van der Waals surface area contributed by atoms with Crippen LogP contribution in [0, 0.1) is 10.2 Å². The molecule has 3 aromatic rings. The molecule has 2 heterocycles. The molecule has 7 heteroatoms. The summed E-state index contributed by atoms with van der Waals surface area (Å²) >= 11 is 0. The number of rotatable bonds is 1. The number of fused-ring (bicyclic) bond motifs is 2. The Labute approximate surface area is 188 Å². The minimum Gasteiger partial charge on any atom is -0.344 e. The van der Waals surface area contributed by atoms with Crippen LogP contribution in [0.5, 0.6) is 0 Å². The van der Waals surface area contributed by atoms with Crippen molar-refractivity contribution in [3.8, 4) is 0 Å². The molecule has 5 rings (SSSR count). The fraction of sp³-hybridized carbons (Fsp3) is 0.0800. The molecule has 6 nitrogen and oxygen atoms in total. The van der Waals surface area contributed by atoms with E-state index in [1.807, 2.05) is 0 Å². The summed E-state index contributed by atoms with van der Waals surface area (Å²) in [5.41, 5.74) is 8.68. The van der Waals surface area contributed by atoms with Crippen LogP contribution in [0.3, 0.4) is 0 Å². The first-order valence-corrected chi connectivity index (χ1v) is 11.1. The number of benzene rings is 2. The Morgan fingerprint density at radius 3 is 2.25 bits per heavy atom. The van der Waals surface area contributed by atoms with E-state index in [1.54, 1.807) is 0 Å². The summed E-state index contributed by atoms with van der Waals surface area (Å²) in [4.78, 5) is 2.27. The van der Waals surface area contributed by atoms with Crippen LogP contribution in [0.1, 0.15) is 11.3 Å². The van der Waals surface area contributed by atoms with E-state index in [0.29, 0.717) is 0 Å². The van der Waals surface area contributed by atoms with Crippen molar-refractivity contribution in [2.24, 2.45) is 7.05 Å². The first-order valence-electron chi connectivity index (χ1n) is 9.87. The van der Waals surface area contributed by atoms with Crippen molar-refractivity contribution in [3.05, 3.63) is 107 Å². The molecule has 1 aliphatic carbocycles. The third-order valence-electron chi connectivity index (χ3n) is 5.51. The van der Waals surface area contributed by atoms with Gasteiger partial charge in [-0.2, -0.15) is 4.57 Å². The molecule has 0 atom stereocenters. The predicted octanol–water partition coefficient (Wildman–Crippen LogP) is 0.279. The molecule has 1 aromatic heterocycles. The van der Waals surface area contributed by atoms with Gasteiger partial charge in [0.25, 0.3) is 0 Å². The van der Waals surface area contributed by atoms with Gasteiger partial charge in [-0.1, -0.05) is 42.5 Å². The summed E-state index contributed by atoms with van der Waals surface area (Å²) in [6.45, 7) is 0. The molecule has 1 aliphatic heterocycles. The van der Waals surface area contributed by atoms with Crippen molar-refractivity contribution >= 4 is 28.2 Å². The van der Waals surface area contributed by atoms with Crippen LogP contribution in [0.2, 0.25) is 0 Å². The van der Waals surface area contributed by atoms with Crippen LogP contribution in [-0.2, 0) is 7.05 Å². The number of aryl methyl sites for hydroxylation is 1. The second-order valence-electron chi connectivity index (χ2n) is 7.44. The van der Waals surface area contributed by atoms with Gasteiger partial charge in [0.15, 0.2) is 0 Å². The number of pyridine rings is 1. The Bertz CT molecular complexity index is 1300. The molecular formula is C25H21ClN2O4. The largest absolute Gasteiger partial charge is 0.344 e. The summed E-state index contributed by atoms with van der Waals surface area (Å²) in [6, 6.07) is 21.4. The number of allylic oxidation sites excluding steroid dienone is 6. The summed E-state index contributed by atoms with van der Waals surface area (Å²) in [7, 11) is -0.666. The number of anilines is 1. The second-order valence-corrected chi connectivity index (χ2v) is 8.20. The average Bonchev–Trinajstić information content (AvgIpc) is 3.23. The second kappa shape index (κ2) is 8.70. The van der Waals surface area contributed by atoms with Crippen molar-refractivity contribution in [2.45, 2.75) is 0 Å². The van der Waals surface area contributed by atoms with Crippen molar-refractivity contribution in [2.75, 3.05) is 11.9 Å². The van der Waals surface area contributed by atoms with Crippen molar-refractivity contribution in [3.63, 3.8) is 0 Å². The minimum atomic E-state index is -4.94. The Balaban J connectivity index is 0.000000444. The number of nitrogens with zero attached hydrogens (tertiary/aromatic N) is 2. The minimum absolute atomic E-state index is 1.23. The molecule has 0 N–H and O–H groups in total. The quantitative estimate of drug-likeness (QED) is 0.498. The lowest BCUT2D eigenvalue weighted by Crippen LogP contribution is -2.68. The maximum Gasteiger partial charge on any atom is 0.212 e. The number of likely N-dealkylation sites (N-methyl/N-ethyl adjacent to an activating group) is 1. The van der Waals surface area contributed by atoms with Gasteiger partial charge in [-0.15, -0.1) is 10.2 Å². The zero-order valence-corrected chi connectivity index (χ0v) is 18.3. The van der Waals surface area contributed by atoms with E-state index >= 15 is 0 Å².